The fraction of sp³-hybridized carbons (Fsp3) is 0.611. The van der Waals surface area contributed by atoms with Gasteiger partial charge in [-0.05, 0) is 25.5 Å². The molecule has 0 aromatic heterocycles. The maximum atomic E-state index is 11.9. The molecule has 154 valence electrons. The van der Waals surface area contributed by atoms with E-state index in [4.69, 9.17) is 18.4 Å². The van der Waals surface area contributed by atoms with E-state index in [2.05, 4.69) is 5.32 Å². The van der Waals surface area contributed by atoms with Crippen LogP contribution >= 0.6 is 0 Å². The summed E-state index contributed by atoms with van der Waals surface area (Å²) in [7, 11) is -3.76. The minimum atomic E-state index is -3.76. The molecule has 9 heteroatoms. The smallest absolute Gasteiger partial charge is 0.407 e. The molecule has 0 saturated heterocycles. The zero-order valence-electron chi connectivity index (χ0n) is 15.9. The summed E-state index contributed by atoms with van der Waals surface area (Å²) in [5.41, 5.74) is 0.973. The zero-order chi connectivity index (χ0) is 20.0. The van der Waals surface area contributed by atoms with E-state index in [0.29, 0.717) is 33.0 Å². The molecule has 0 fully saturated rings. The molecule has 1 aromatic rings. The lowest BCUT2D eigenvalue weighted by Gasteiger charge is -2.08. The number of rotatable bonds is 14. The van der Waals surface area contributed by atoms with Gasteiger partial charge in [-0.3, -0.25) is 4.18 Å². The van der Waals surface area contributed by atoms with Crippen LogP contribution < -0.4 is 5.32 Å². The van der Waals surface area contributed by atoms with Gasteiger partial charge < -0.3 is 19.5 Å². The van der Waals surface area contributed by atoms with Gasteiger partial charge in [0.05, 0.1) is 44.5 Å². The number of alkyl carbamates (subject to hydrolysis) is 1. The molecule has 0 saturated carbocycles. The van der Waals surface area contributed by atoms with Crippen LogP contribution in [-0.4, -0.2) is 60.7 Å². The number of hydrogen-bond donors (Lipinski definition) is 1. The third kappa shape index (κ3) is 10.9. The molecule has 8 nitrogen and oxygen atoms in total. The normalized spacial score (nSPS) is 11.3. The van der Waals surface area contributed by atoms with Crippen LogP contribution in [0.4, 0.5) is 4.79 Å². The number of ether oxygens (including phenoxy) is 3. The zero-order valence-corrected chi connectivity index (χ0v) is 16.8. The van der Waals surface area contributed by atoms with E-state index in [-0.39, 0.29) is 18.1 Å². The average Bonchev–Trinajstić information content (AvgIpc) is 2.64. The first-order chi connectivity index (χ1) is 13.0. The van der Waals surface area contributed by atoms with Crippen molar-refractivity contribution in [2.75, 3.05) is 46.2 Å². The standard InChI is InChI=1S/C18H29NO7S/c1-3-4-10-25-18(20)19-9-11-23-12-13-24-14-15-26-27(21,22)17-7-5-16(2)6-8-17/h5-8H,3-4,9-15H2,1-2H3,(H,19,20). The summed E-state index contributed by atoms with van der Waals surface area (Å²) >= 11 is 0. The van der Waals surface area contributed by atoms with Crippen molar-refractivity contribution >= 4 is 16.2 Å². The summed E-state index contributed by atoms with van der Waals surface area (Å²) in [5.74, 6) is 0. The van der Waals surface area contributed by atoms with Crippen molar-refractivity contribution in [3.63, 3.8) is 0 Å². The van der Waals surface area contributed by atoms with E-state index in [9.17, 15) is 13.2 Å². The third-order valence-corrected chi connectivity index (χ3v) is 4.72. The van der Waals surface area contributed by atoms with Gasteiger partial charge in [0.1, 0.15) is 0 Å². The molecule has 0 bridgehead atoms. The van der Waals surface area contributed by atoms with Gasteiger partial charge in [-0.25, -0.2) is 4.79 Å². The second-order valence-electron chi connectivity index (χ2n) is 5.73. The van der Waals surface area contributed by atoms with E-state index in [1.165, 1.54) is 12.1 Å². The molecule has 0 aliphatic rings. The van der Waals surface area contributed by atoms with Crippen molar-refractivity contribution in [2.24, 2.45) is 0 Å². The highest BCUT2D eigenvalue weighted by Gasteiger charge is 2.14. The van der Waals surface area contributed by atoms with Crippen LogP contribution in [0.5, 0.6) is 0 Å². The molecule has 1 rings (SSSR count). The largest absolute Gasteiger partial charge is 0.450 e. The van der Waals surface area contributed by atoms with Crippen LogP contribution in [0.1, 0.15) is 25.3 Å². The van der Waals surface area contributed by atoms with E-state index in [1.54, 1.807) is 12.1 Å². The Kier molecular flexibility index (Phi) is 11.7. The van der Waals surface area contributed by atoms with Crippen LogP contribution in [0.25, 0.3) is 0 Å². The van der Waals surface area contributed by atoms with E-state index < -0.39 is 16.2 Å². The molecule has 0 aliphatic carbocycles. The number of aryl methyl sites for hydroxylation is 1. The summed E-state index contributed by atoms with van der Waals surface area (Å²) in [6.45, 7) is 5.70. The number of nitrogens with one attached hydrogen (secondary N) is 1. The van der Waals surface area contributed by atoms with Crippen LogP contribution in [0.2, 0.25) is 0 Å². The second kappa shape index (κ2) is 13.5. The Bertz CT molecular complexity index is 632. The number of carbonyl (C=O) groups excluding carboxylic acids is 1. The monoisotopic (exact) mass is 403 g/mol. The van der Waals surface area contributed by atoms with Gasteiger partial charge in [-0.1, -0.05) is 31.0 Å². The van der Waals surface area contributed by atoms with E-state index in [0.717, 1.165) is 18.4 Å². The molecule has 0 aliphatic heterocycles. The number of hydrogen-bond acceptors (Lipinski definition) is 7. The minimum Gasteiger partial charge on any atom is -0.450 e. The average molecular weight is 403 g/mol. The molecule has 1 N–H and O–H groups in total. The molecule has 0 heterocycles. The first-order valence-corrected chi connectivity index (χ1v) is 10.4. The van der Waals surface area contributed by atoms with Gasteiger partial charge in [0.25, 0.3) is 10.1 Å². The first kappa shape index (κ1) is 23.4. The molecule has 0 unspecified atom stereocenters. The predicted molar refractivity (Wildman–Crippen MR) is 100 cm³/mol. The fourth-order valence-electron chi connectivity index (χ4n) is 1.88. The Balaban J connectivity index is 1.98. The highest BCUT2D eigenvalue weighted by atomic mass is 32.2. The van der Waals surface area contributed by atoms with Gasteiger partial charge in [0.2, 0.25) is 0 Å². The van der Waals surface area contributed by atoms with Gasteiger partial charge in [0, 0.05) is 6.54 Å². The van der Waals surface area contributed by atoms with Crippen molar-refractivity contribution in [1.82, 2.24) is 5.32 Å². The Morgan fingerprint density at radius 1 is 0.963 bits per heavy atom. The molecule has 1 amide bonds. The summed E-state index contributed by atoms with van der Waals surface area (Å²) in [6, 6.07) is 6.44. The van der Waals surface area contributed by atoms with Crippen molar-refractivity contribution in [1.29, 1.82) is 0 Å². The van der Waals surface area contributed by atoms with Crippen LogP contribution in [0.3, 0.4) is 0 Å². The minimum absolute atomic E-state index is 0.0681. The Hall–Kier alpha value is -1.68. The van der Waals surface area contributed by atoms with Gasteiger partial charge >= 0.3 is 6.09 Å². The van der Waals surface area contributed by atoms with E-state index in [1.807, 2.05) is 13.8 Å². The van der Waals surface area contributed by atoms with Crippen LogP contribution in [-0.2, 0) is 28.5 Å². The number of amides is 1. The van der Waals surface area contributed by atoms with Gasteiger partial charge in [-0.2, -0.15) is 8.42 Å². The molecular formula is C18H29NO7S. The maximum Gasteiger partial charge on any atom is 0.407 e. The van der Waals surface area contributed by atoms with E-state index >= 15 is 0 Å². The lowest BCUT2D eigenvalue weighted by molar-refractivity contribution is 0.0377. The molecule has 0 atom stereocenters. The maximum absolute atomic E-state index is 11.9. The Morgan fingerprint density at radius 3 is 2.26 bits per heavy atom. The van der Waals surface area contributed by atoms with Gasteiger partial charge in [0.15, 0.2) is 0 Å². The Morgan fingerprint density at radius 2 is 1.59 bits per heavy atom. The number of carbonyl (C=O) groups is 1. The van der Waals surface area contributed by atoms with Crippen molar-refractivity contribution in [2.45, 2.75) is 31.6 Å². The van der Waals surface area contributed by atoms with Crippen LogP contribution in [0, 0.1) is 6.92 Å². The number of benzene rings is 1. The fourth-order valence-corrected chi connectivity index (χ4v) is 2.78. The highest BCUT2D eigenvalue weighted by molar-refractivity contribution is 7.86. The van der Waals surface area contributed by atoms with Crippen molar-refractivity contribution in [3.8, 4) is 0 Å². The van der Waals surface area contributed by atoms with Crippen LogP contribution in [0.15, 0.2) is 29.2 Å². The molecule has 0 radical (unpaired) electrons. The number of unbranched alkanes of at least 4 members (excludes halogenated alkanes) is 1. The predicted octanol–water partition coefficient (Wildman–Crippen LogP) is 2.26. The third-order valence-electron chi connectivity index (χ3n) is 3.39. The highest BCUT2D eigenvalue weighted by Crippen LogP contribution is 2.12. The lowest BCUT2D eigenvalue weighted by Crippen LogP contribution is -2.28. The summed E-state index contributed by atoms with van der Waals surface area (Å²) in [4.78, 5) is 11.4. The second-order valence-corrected chi connectivity index (χ2v) is 7.35. The quantitative estimate of drug-likeness (QED) is 0.376. The summed E-state index contributed by atoms with van der Waals surface area (Å²) in [5, 5.41) is 2.57. The van der Waals surface area contributed by atoms with Gasteiger partial charge in [-0.15, -0.1) is 0 Å². The first-order valence-electron chi connectivity index (χ1n) is 8.98. The van der Waals surface area contributed by atoms with Crippen molar-refractivity contribution in [3.05, 3.63) is 29.8 Å². The molecule has 1 aromatic carbocycles. The Labute approximate surface area is 161 Å². The summed E-state index contributed by atoms with van der Waals surface area (Å²) in [6.07, 6.45) is 1.37. The summed E-state index contributed by atoms with van der Waals surface area (Å²) < 4.78 is 44.3. The molecule has 0 spiro atoms. The molecule has 27 heavy (non-hydrogen) atoms. The topological polar surface area (TPSA) is 100 Å². The van der Waals surface area contributed by atoms with Crippen molar-refractivity contribution < 1.29 is 31.6 Å². The lowest BCUT2D eigenvalue weighted by atomic mass is 10.2. The SMILES string of the molecule is CCCCOC(=O)NCCOCCOCCOS(=O)(=O)c1ccc(C)cc1. The molecular weight excluding hydrogens is 374 g/mol.